The molecule has 2 heterocycles. The molecule has 134 valence electrons. The number of carbonyl (C=O) groups excluding carboxylic acids is 1. The van der Waals surface area contributed by atoms with E-state index in [0.29, 0.717) is 5.56 Å². The lowest BCUT2D eigenvalue weighted by Gasteiger charge is -2.26. The van der Waals surface area contributed by atoms with E-state index >= 15 is 0 Å². The van der Waals surface area contributed by atoms with Gasteiger partial charge in [0.1, 0.15) is 0 Å². The molecular weight excluding hydrogens is 469 g/mol. The molecule has 2 N–H and O–H groups in total. The maximum Gasteiger partial charge on any atom is 0.171 e. The summed E-state index contributed by atoms with van der Waals surface area (Å²) in [5.41, 5.74) is 10.5. The van der Waals surface area contributed by atoms with Crippen LogP contribution in [0.15, 0.2) is 71.8 Å². The Morgan fingerprint density at radius 3 is 2.56 bits per heavy atom. The number of nitrogens with zero attached hydrogens (tertiary/aromatic N) is 2. The molecule has 0 radical (unpaired) electrons. The molecule has 2 atom stereocenters. The molecule has 0 fully saturated rings. The second-order valence-corrected chi connectivity index (χ2v) is 8.15. The average Bonchev–Trinajstić information content (AvgIpc) is 2.74. The monoisotopic (exact) mass is 485 g/mol. The largest absolute Gasteiger partial charge is 0.322 e. The van der Waals surface area contributed by atoms with Gasteiger partial charge in [-0.15, -0.1) is 0 Å². The van der Waals surface area contributed by atoms with Crippen LogP contribution in [0.3, 0.4) is 0 Å². The standard InChI is InChI=1S/C21H16IN3OS/c22-27-18-12-17(16-8-4-5-11-24-16)25-20-14(18)9-10-15(19(20)23)21(26)13-6-2-1-3-7-13/h1-12,15,19H,23H2. The number of fused-ring (bicyclic) bond motifs is 1. The van der Waals surface area contributed by atoms with Gasteiger partial charge in [0, 0.05) is 43.4 Å². The van der Waals surface area contributed by atoms with Gasteiger partial charge in [-0.25, -0.2) is 4.98 Å². The van der Waals surface area contributed by atoms with Crippen molar-refractivity contribution in [3.8, 4) is 11.4 Å². The molecule has 0 aliphatic heterocycles. The summed E-state index contributed by atoms with van der Waals surface area (Å²) in [6.07, 6.45) is 5.62. The molecule has 0 bridgehead atoms. The van der Waals surface area contributed by atoms with E-state index in [1.807, 2.05) is 66.7 Å². The van der Waals surface area contributed by atoms with E-state index in [9.17, 15) is 4.79 Å². The van der Waals surface area contributed by atoms with Crippen molar-refractivity contribution in [2.75, 3.05) is 0 Å². The summed E-state index contributed by atoms with van der Waals surface area (Å²) in [6, 6.07) is 16.5. The number of Topliss-reactive ketones (excluding diaryl/α,β-unsaturated/α-hetero) is 1. The lowest BCUT2D eigenvalue weighted by Crippen LogP contribution is -2.30. The first-order valence-electron chi connectivity index (χ1n) is 8.47. The molecule has 4 nitrogen and oxygen atoms in total. The Morgan fingerprint density at radius 2 is 1.85 bits per heavy atom. The zero-order chi connectivity index (χ0) is 18.8. The SMILES string of the molecule is NC1c2nc(-c3ccccn3)cc(SI)c2C=CC1C(=O)c1ccccc1. The Bertz CT molecular complexity index is 1010. The van der Waals surface area contributed by atoms with Crippen molar-refractivity contribution in [3.05, 3.63) is 83.7 Å². The summed E-state index contributed by atoms with van der Waals surface area (Å²) in [5, 5.41) is 0. The molecule has 1 aliphatic rings. The van der Waals surface area contributed by atoms with Crippen molar-refractivity contribution in [3.63, 3.8) is 0 Å². The number of halogens is 1. The van der Waals surface area contributed by atoms with Gasteiger partial charge in [0.2, 0.25) is 0 Å². The number of carbonyl (C=O) groups is 1. The molecule has 1 aliphatic carbocycles. The predicted octanol–water partition coefficient (Wildman–Crippen LogP) is 5.11. The van der Waals surface area contributed by atoms with E-state index in [2.05, 4.69) is 26.2 Å². The average molecular weight is 485 g/mol. The van der Waals surface area contributed by atoms with Crippen LogP contribution in [0.5, 0.6) is 0 Å². The van der Waals surface area contributed by atoms with Gasteiger partial charge in [-0.3, -0.25) is 9.78 Å². The number of hydrogen-bond acceptors (Lipinski definition) is 5. The molecular formula is C21H16IN3OS. The first kappa shape index (κ1) is 18.3. The second kappa shape index (κ2) is 7.92. The number of hydrogen-bond donors (Lipinski definition) is 1. The Labute approximate surface area is 173 Å². The fourth-order valence-electron chi connectivity index (χ4n) is 3.22. The third kappa shape index (κ3) is 3.56. The van der Waals surface area contributed by atoms with Crippen molar-refractivity contribution in [2.24, 2.45) is 11.7 Å². The van der Waals surface area contributed by atoms with E-state index in [4.69, 9.17) is 10.7 Å². The van der Waals surface area contributed by atoms with Crippen LogP contribution < -0.4 is 5.73 Å². The van der Waals surface area contributed by atoms with Crippen molar-refractivity contribution in [2.45, 2.75) is 10.9 Å². The van der Waals surface area contributed by atoms with Crippen molar-refractivity contribution in [1.82, 2.24) is 9.97 Å². The Morgan fingerprint density at radius 1 is 1.07 bits per heavy atom. The molecule has 6 heteroatoms. The summed E-state index contributed by atoms with van der Waals surface area (Å²) >= 11 is 2.26. The van der Waals surface area contributed by atoms with E-state index in [0.717, 1.165) is 27.5 Å². The molecule has 0 saturated carbocycles. The summed E-state index contributed by atoms with van der Waals surface area (Å²) in [5.74, 6) is -0.419. The Balaban J connectivity index is 1.77. The Kier molecular flexibility index (Phi) is 5.38. The summed E-state index contributed by atoms with van der Waals surface area (Å²) < 4.78 is 0. The first-order valence-corrected chi connectivity index (χ1v) is 11.8. The van der Waals surface area contributed by atoms with Gasteiger partial charge < -0.3 is 5.73 Å². The lowest BCUT2D eigenvalue weighted by atomic mass is 9.83. The molecule has 3 aromatic rings. The highest BCUT2D eigenvalue weighted by molar-refractivity contribution is 14.2. The van der Waals surface area contributed by atoms with Gasteiger partial charge in [0.05, 0.1) is 29.0 Å². The maximum atomic E-state index is 13.0. The minimum atomic E-state index is -0.497. The highest BCUT2D eigenvalue weighted by atomic mass is 127. The van der Waals surface area contributed by atoms with Crippen LogP contribution in [0.1, 0.15) is 27.7 Å². The third-order valence-corrected chi connectivity index (χ3v) is 6.52. The summed E-state index contributed by atoms with van der Waals surface area (Å²) in [4.78, 5) is 23.2. The molecule has 0 spiro atoms. The van der Waals surface area contributed by atoms with Crippen LogP contribution in [-0.4, -0.2) is 15.8 Å². The third-order valence-electron chi connectivity index (χ3n) is 4.59. The van der Waals surface area contributed by atoms with E-state index in [-0.39, 0.29) is 5.78 Å². The van der Waals surface area contributed by atoms with Crippen LogP contribution in [-0.2, 0) is 0 Å². The topological polar surface area (TPSA) is 68.9 Å². The zero-order valence-corrected chi connectivity index (χ0v) is 17.2. The lowest BCUT2D eigenvalue weighted by molar-refractivity contribution is 0.0929. The van der Waals surface area contributed by atoms with Crippen LogP contribution in [0.4, 0.5) is 0 Å². The van der Waals surface area contributed by atoms with Gasteiger partial charge in [0.15, 0.2) is 5.78 Å². The van der Waals surface area contributed by atoms with Crippen molar-refractivity contribution in [1.29, 1.82) is 0 Å². The molecule has 0 amide bonds. The highest BCUT2D eigenvalue weighted by Gasteiger charge is 2.32. The number of pyridine rings is 2. The fraction of sp³-hybridized carbons (Fsp3) is 0.0952. The molecule has 2 unspecified atom stereocenters. The number of rotatable bonds is 4. The van der Waals surface area contributed by atoms with E-state index in [1.165, 1.54) is 0 Å². The quantitative estimate of drug-likeness (QED) is 0.411. The van der Waals surface area contributed by atoms with E-state index in [1.54, 1.807) is 15.1 Å². The molecule has 1 aromatic carbocycles. The summed E-state index contributed by atoms with van der Waals surface area (Å²) in [6.45, 7) is 0. The molecule has 27 heavy (non-hydrogen) atoms. The van der Waals surface area contributed by atoms with Gasteiger partial charge >= 0.3 is 0 Å². The van der Waals surface area contributed by atoms with Gasteiger partial charge in [-0.1, -0.05) is 57.5 Å². The highest BCUT2D eigenvalue weighted by Crippen LogP contribution is 2.40. The maximum absolute atomic E-state index is 13.0. The van der Waals surface area contributed by atoms with Crippen molar-refractivity contribution < 1.29 is 4.79 Å². The zero-order valence-electron chi connectivity index (χ0n) is 14.2. The Hall–Kier alpha value is -2.03. The van der Waals surface area contributed by atoms with E-state index < -0.39 is 12.0 Å². The number of benzene rings is 1. The molecule has 2 aromatic heterocycles. The molecule has 0 saturated heterocycles. The first-order chi connectivity index (χ1) is 13.2. The van der Waals surface area contributed by atoms with Crippen molar-refractivity contribution >= 4 is 42.0 Å². The van der Waals surface area contributed by atoms with Crippen LogP contribution >= 0.6 is 30.1 Å². The predicted molar refractivity (Wildman–Crippen MR) is 118 cm³/mol. The van der Waals surface area contributed by atoms with Crippen LogP contribution in [0, 0.1) is 5.92 Å². The van der Waals surface area contributed by atoms with Gasteiger partial charge in [-0.2, -0.15) is 0 Å². The van der Waals surface area contributed by atoms with Crippen LogP contribution in [0.2, 0.25) is 0 Å². The van der Waals surface area contributed by atoms with Gasteiger partial charge in [0.25, 0.3) is 0 Å². The number of aromatic nitrogens is 2. The minimum Gasteiger partial charge on any atom is -0.322 e. The fourth-order valence-corrected chi connectivity index (χ4v) is 4.72. The number of nitrogens with two attached hydrogens (primary N) is 1. The molecule has 4 rings (SSSR count). The normalized spacial score (nSPS) is 18.1. The minimum absolute atomic E-state index is 0.0127. The summed E-state index contributed by atoms with van der Waals surface area (Å²) in [7, 11) is 1.61. The smallest absolute Gasteiger partial charge is 0.171 e. The second-order valence-electron chi connectivity index (χ2n) is 6.24. The number of ketones is 1. The van der Waals surface area contributed by atoms with Gasteiger partial charge in [-0.05, 0) is 18.2 Å². The van der Waals surface area contributed by atoms with Crippen LogP contribution in [0.25, 0.3) is 17.5 Å².